The van der Waals surface area contributed by atoms with E-state index in [0.29, 0.717) is 5.39 Å². The molecular weight excluding hydrogens is 284 g/mol. The van der Waals surface area contributed by atoms with Crippen LogP contribution in [0.1, 0.15) is 11.1 Å². The van der Waals surface area contributed by atoms with Crippen LogP contribution >= 0.6 is 0 Å². The van der Waals surface area contributed by atoms with Gasteiger partial charge >= 0.3 is 0 Å². The summed E-state index contributed by atoms with van der Waals surface area (Å²) in [4.78, 5) is 20.4. The molecule has 0 aliphatic rings. The van der Waals surface area contributed by atoms with Crippen molar-refractivity contribution in [1.82, 2.24) is 4.98 Å². The zero-order chi connectivity index (χ0) is 16.0. The predicted octanol–water partition coefficient (Wildman–Crippen LogP) is 3.97. The molecule has 0 aliphatic heterocycles. The van der Waals surface area contributed by atoms with E-state index in [4.69, 9.17) is 4.99 Å². The van der Waals surface area contributed by atoms with E-state index in [9.17, 15) is 4.79 Å². The fourth-order valence-corrected chi connectivity index (χ4v) is 3.12. The maximum Gasteiger partial charge on any atom is 0.188 e. The summed E-state index contributed by atoms with van der Waals surface area (Å²) in [7, 11) is 0. The molecule has 0 fully saturated rings. The van der Waals surface area contributed by atoms with Crippen LogP contribution in [0.3, 0.4) is 0 Å². The van der Waals surface area contributed by atoms with Crippen LogP contribution in [-0.2, 0) is 0 Å². The topological polar surface area (TPSA) is 45.2 Å². The second-order valence-electron chi connectivity index (χ2n) is 5.93. The summed E-state index contributed by atoms with van der Waals surface area (Å²) < 4.78 is 0. The number of nitrogens with one attached hydrogen (secondary N) is 1. The van der Waals surface area contributed by atoms with E-state index >= 15 is 0 Å². The van der Waals surface area contributed by atoms with E-state index in [1.165, 1.54) is 5.56 Å². The smallest absolute Gasteiger partial charge is 0.188 e. The number of aromatic nitrogens is 1. The fourth-order valence-electron chi connectivity index (χ4n) is 3.12. The van der Waals surface area contributed by atoms with Crippen molar-refractivity contribution in [2.75, 3.05) is 0 Å². The molecule has 112 valence electrons. The van der Waals surface area contributed by atoms with Crippen LogP contribution in [0.15, 0.2) is 64.6 Å². The summed E-state index contributed by atoms with van der Waals surface area (Å²) in [6.45, 7) is 4.11. The number of aryl methyl sites for hydroxylation is 2. The molecule has 4 aromatic rings. The number of hydrogen-bond donors (Lipinski definition) is 1. The van der Waals surface area contributed by atoms with Gasteiger partial charge in [0.15, 0.2) is 5.43 Å². The lowest BCUT2D eigenvalue weighted by Gasteiger charge is -2.06. The van der Waals surface area contributed by atoms with Gasteiger partial charge in [-0.1, -0.05) is 23.8 Å². The van der Waals surface area contributed by atoms with Gasteiger partial charge in [0.2, 0.25) is 0 Å². The van der Waals surface area contributed by atoms with Gasteiger partial charge in [0, 0.05) is 17.8 Å². The lowest BCUT2D eigenvalue weighted by atomic mass is 10.0. The van der Waals surface area contributed by atoms with Crippen molar-refractivity contribution in [1.29, 1.82) is 0 Å². The summed E-state index contributed by atoms with van der Waals surface area (Å²) in [6, 6.07) is 13.6. The van der Waals surface area contributed by atoms with Crippen molar-refractivity contribution < 1.29 is 0 Å². The highest BCUT2D eigenvalue weighted by molar-refractivity contribution is 6.09. The Balaban J connectivity index is 2.14. The Kier molecular flexibility index (Phi) is 3.01. The first-order valence-corrected chi connectivity index (χ1v) is 7.62. The molecular formula is C20H16N2O. The third-order valence-corrected chi connectivity index (χ3v) is 4.24. The minimum atomic E-state index is 0.0119. The average molecular weight is 300 g/mol. The zero-order valence-corrected chi connectivity index (χ0v) is 13.1. The van der Waals surface area contributed by atoms with E-state index in [1.54, 1.807) is 6.07 Å². The van der Waals surface area contributed by atoms with Crippen molar-refractivity contribution in [3.8, 4) is 0 Å². The number of aromatic amines is 1. The molecule has 1 heterocycles. The van der Waals surface area contributed by atoms with Gasteiger partial charge in [0.25, 0.3) is 0 Å². The Morgan fingerprint density at radius 2 is 1.61 bits per heavy atom. The number of pyridine rings is 1. The first-order valence-electron chi connectivity index (χ1n) is 7.62. The second kappa shape index (κ2) is 5.06. The number of rotatable bonds is 1. The number of H-pyrrole nitrogens is 1. The van der Waals surface area contributed by atoms with Gasteiger partial charge in [-0.2, -0.15) is 0 Å². The quantitative estimate of drug-likeness (QED) is 0.568. The van der Waals surface area contributed by atoms with E-state index in [-0.39, 0.29) is 5.43 Å². The summed E-state index contributed by atoms with van der Waals surface area (Å²) in [5, 5.41) is 4.44. The Labute approximate surface area is 133 Å². The van der Waals surface area contributed by atoms with Gasteiger partial charge in [-0.15, -0.1) is 0 Å². The van der Waals surface area contributed by atoms with Crippen LogP contribution in [-0.4, -0.2) is 4.98 Å². The molecule has 1 N–H and O–H groups in total. The molecule has 0 bridgehead atoms. The summed E-state index contributed by atoms with van der Waals surface area (Å²) in [5.74, 6) is 0. The molecule has 0 radical (unpaired) electrons. The number of benzene rings is 3. The third-order valence-electron chi connectivity index (χ3n) is 4.24. The van der Waals surface area contributed by atoms with Gasteiger partial charge in [-0.05, 0) is 54.4 Å². The van der Waals surface area contributed by atoms with Crippen LogP contribution in [0, 0.1) is 13.8 Å². The highest BCUT2D eigenvalue weighted by Crippen LogP contribution is 2.22. The first kappa shape index (κ1) is 13.7. The van der Waals surface area contributed by atoms with Crippen molar-refractivity contribution in [2.45, 2.75) is 13.8 Å². The standard InChI is InChI=1S/C20H16N2O/c1-12-3-6-16(13(2)9-12)22-17-7-4-14-10-21-11-15-5-8-18(23)20(17)19(14)15/h3-11,21H,1-2H3. The molecule has 0 aliphatic carbocycles. The van der Waals surface area contributed by atoms with E-state index in [2.05, 4.69) is 18.0 Å². The molecule has 23 heavy (non-hydrogen) atoms. The Morgan fingerprint density at radius 3 is 2.35 bits per heavy atom. The van der Waals surface area contributed by atoms with E-state index in [0.717, 1.165) is 32.8 Å². The molecule has 3 heteroatoms. The summed E-state index contributed by atoms with van der Waals surface area (Å²) >= 11 is 0. The Morgan fingerprint density at radius 1 is 0.870 bits per heavy atom. The maximum absolute atomic E-state index is 12.5. The van der Waals surface area contributed by atoms with Crippen LogP contribution < -0.4 is 10.8 Å². The van der Waals surface area contributed by atoms with Gasteiger partial charge < -0.3 is 4.98 Å². The lowest BCUT2D eigenvalue weighted by molar-refractivity contribution is 1.29. The van der Waals surface area contributed by atoms with Gasteiger partial charge in [-0.3, -0.25) is 4.79 Å². The van der Waals surface area contributed by atoms with Crippen LogP contribution in [0.5, 0.6) is 0 Å². The van der Waals surface area contributed by atoms with Crippen LogP contribution in [0.25, 0.3) is 21.5 Å². The van der Waals surface area contributed by atoms with Crippen LogP contribution in [0.2, 0.25) is 0 Å². The highest BCUT2D eigenvalue weighted by Gasteiger charge is 2.07. The third kappa shape index (κ3) is 2.21. The minimum Gasteiger partial charge on any atom is -0.366 e. The van der Waals surface area contributed by atoms with Gasteiger partial charge in [-0.25, -0.2) is 4.99 Å². The molecule has 0 unspecified atom stereocenters. The largest absolute Gasteiger partial charge is 0.366 e. The summed E-state index contributed by atoms with van der Waals surface area (Å²) in [6.07, 6.45) is 3.82. The molecule has 0 spiro atoms. The molecule has 0 amide bonds. The highest BCUT2D eigenvalue weighted by atomic mass is 16.1. The van der Waals surface area contributed by atoms with Crippen molar-refractivity contribution in [3.05, 3.63) is 81.6 Å². The molecule has 0 saturated carbocycles. The van der Waals surface area contributed by atoms with Crippen LogP contribution in [0.4, 0.5) is 5.69 Å². The maximum atomic E-state index is 12.5. The van der Waals surface area contributed by atoms with Crippen molar-refractivity contribution in [3.63, 3.8) is 0 Å². The molecule has 0 atom stereocenters. The average Bonchev–Trinajstić information content (AvgIpc) is 2.54. The van der Waals surface area contributed by atoms with Crippen molar-refractivity contribution in [2.24, 2.45) is 4.99 Å². The minimum absolute atomic E-state index is 0.0119. The first-order chi connectivity index (χ1) is 11.1. The predicted molar refractivity (Wildman–Crippen MR) is 94.4 cm³/mol. The molecule has 3 aromatic carbocycles. The summed E-state index contributed by atoms with van der Waals surface area (Å²) in [5.41, 5.74) is 3.23. The van der Waals surface area contributed by atoms with Gasteiger partial charge in [0.05, 0.1) is 16.4 Å². The Hall–Kier alpha value is -2.94. The normalized spacial score (nSPS) is 12.3. The fraction of sp³-hybridized carbons (Fsp3) is 0.100. The molecule has 0 saturated heterocycles. The zero-order valence-electron chi connectivity index (χ0n) is 13.1. The SMILES string of the molecule is Cc1ccc(N=c2ccc3c[nH]cc4ccc(=O)c2c43)c(C)c1. The monoisotopic (exact) mass is 300 g/mol. The molecule has 3 nitrogen and oxygen atoms in total. The number of hydrogen-bond acceptors (Lipinski definition) is 2. The molecule has 1 aromatic heterocycles. The second-order valence-corrected chi connectivity index (χ2v) is 5.93. The molecule has 4 rings (SSSR count). The van der Waals surface area contributed by atoms with Gasteiger partial charge in [0.1, 0.15) is 0 Å². The van der Waals surface area contributed by atoms with E-state index in [1.807, 2.05) is 49.6 Å². The number of nitrogens with zero attached hydrogens (tertiary/aromatic N) is 1. The van der Waals surface area contributed by atoms with Crippen molar-refractivity contribution >= 4 is 27.2 Å². The van der Waals surface area contributed by atoms with E-state index < -0.39 is 0 Å². The Bertz CT molecular complexity index is 1140. The lowest BCUT2D eigenvalue weighted by Crippen LogP contribution is -2.13.